The Bertz CT molecular complexity index is 607. The lowest BCUT2D eigenvalue weighted by atomic mass is 10.1. The van der Waals surface area contributed by atoms with Gasteiger partial charge in [-0.3, -0.25) is 9.59 Å². The van der Waals surface area contributed by atoms with Crippen LogP contribution in [0.3, 0.4) is 0 Å². The second kappa shape index (κ2) is 8.80. The van der Waals surface area contributed by atoms with Crippen LogP contribution in [0.1, 0.15) is 24.2 Å². The molecule has 0 aliphatic rings. The summed E-state index contributed by atoms with van der Waals surface area (Å²) in [6.45, 7) is -0.353. The van der Waals surface area contributed by atoms with E-state index < -0.39 is 37.0 Å². The van der Waals surface area contributed by atoms with Crippen molar-refractivity contribution in [1.29, 1.82) is 0 Å². The standard InChI is InChI=1S/C15H18F2N2O5/c1-8(2)12(14(22)23)19-11(20)7-18-13(21)9-5-3-4-6-10(9)24-15(16)17/h3-6,8,12,15H,7H2,1-2H3,(H,18,21)(H,19,20)(H,22,23)/t12-/m0/s1. The van der Waals surface area contributed by atoms with E-state index in [0.29, 0.717) is 0 Å². The number of benzene rings is 1. The molecule has 2 amide bonds. The topological polar surface area (TPSA) is 105 Å². The van der Waals surface area contributed by atoms with E-state index in [-0.39, 0.29) is 17.2 Å². The highest BCUT2D eigenvalue weighted by molar-refractivity contribution is 5.99. The fourth-order valence-corrected chi connectivity index (χ4v) is 1.85. The average Bonchev–Trinajstić information content (AvgIpc) is 2.49. The summed E-state index contributed by atoms with van der Waals surface area (Å²) < 4.78 is 28.8. The number of alkyl halides is 2. The molecule has 1 atom stereocenters. The van der Waals surface area contributed by atoms with Gasteiger partial charge in [0.05, 0.1) is 12.1 Å². The third-order valence-electron chi connectivity index (χ3n) is 3.01. The lowest BCUT2D eigenvalue weighted by Crippen LogP contribution is -2.48. The molecule has 9 heteroatoms. The molecule has 0 heterocycles. The van der Waals surface area contributed by atoms with Crippen LogP contribution in [0.4, 0.5) is 8.78 Å². The van der Waals surface area contributed by atoms with Crippen molar-refractivity contribution >= 4 is 17.8 Å². The van der Waals surface area contributed by atoms with Crippen molar-refractivity contribution in [2.75, 3.05) is 6.54 Å². The first-order chi connectivity index (χ1) is 11.2. The van der Waals surface area contributed by atoms with E-state index >= 15 is 0 Å². The quantitative estimate of drug-likeness (QED) is 0.658. The smallest absolute Gasteiger partial charge is 0.387 e. The van der Waals surface area contributed by atoms with E-state index in [1.54, 1.807) is 13.8 Å². The number of halogens is 2. The molecule has 0 aliphatic carbocycles. The third kappa shape index (κ3) is 5.82. The highest BCUT2D eigenvalue weighted by Gasteiger charge is 2.23. The van der Waals surface area contributed by atoms with Crippen LogP contribution < -0.4 is 15.4 Å². The molecule has 0 spiro atoms. The molecule has 0 aromatic heterocycles. The Hall–Kier alpha value is -2.71. The number of nitrogens with one attached hydrogen (secondary N) is 2. The van der Waals surface area contributed by atoms with Crippen molar-refractivity contribution < 1.29 is 33.0 Å². The number of hydrogen-bond donors (Lipinski definition) is 3. The molecule has 7 nitrogen and oxygen atoms in total. The molecule has 0 bridgehead atoms. The molecule has 132 valence electrons. The zero-order valence-corrected chi connectivity index (χ0v) is 13.1. The predicted octanol–water partition coefficient (Wildman–Crippen LogP) is 1.24. The third-order valence-corrected chi connectivity index (χ3v) is 3.01. The molecule has 0 aliphatic heterocycles. The molecular weight excluding hydrogens is 326 g/mol. The van der Waals surface area contributed by atoms with Crippen LogP contribution >= 0.6 is 0 Å². The molecule has 0 fully saturated rings. The Labute approximate surface area is 137 Å². The monoisotopic (exact) mass is 344 g/mol. The van der Waals surface area contributed by atoms with Crippen LogP contribution in [-0.4, -0.2) is 42.1 Å². The van der Waals surface area contributed by atoms with Crippen LogP contribution in [0.2, 0.25) is 0 Å². The lowest BCUT2D eigenvalue weighted by Gasteiger charge is -2.18. The van der Waals surface area contributed by atoms with Crippen molar-refractivity contribution in [3.05, 3.63) is 29.8 Å². The first kappa shape index (κ1) is 19.3. The number of aliphatic carboxylic acids is 1. The number of carbonyl (C=O) groups excluding carboxylic acids is 2. The molecule has 0 radical (unpaired) electrons. The van der Waals surface area contributed by atoms with Crippen LogP contribution in [-0.2, 0) is 9.59 Å². The minimum atomic E-state index is -3.09. The van der Waals surface area contributed by atoms with Crippen LogP contribution in [0, 0.1) is 5.92 Å². The first-order valence-corrected chi connectivity index (χ1v) is 7.06. The normalized spacial score (nSPS) is 11.9. The van der Waals surface area contributed by atoms with Gasteiger partial charge in [-0.25, -0.2) is 4.79 Å². The van der Waals surface area contributed by atoms with E-state index in [1.165, 1.54) is 24.3 Å². The molecule has 0 unspecified atom stereocenters. The number of para-hydroxylation sites is 1. The number of ether oxygens (including phenoxy) is 1. The predicted molar refractivity (Wildman–Crippen MR) is 79.8 cm³/mol. The Balaban J connectivity index is 2.66. The Morgan fingerprint density at radius 3 is 2.38 bits per heavy atom. The SMILES string of the molecule is CC(C)[C@H](NC(=O)CNC(=O)c1ccccc1OC(F)F)C(=O)O. The van der Waals surface area contributed by atoms with Gasteiger partial charge in [0.2, 0.25) is 5.91 Å². The number of amides is 2. The molecule has 1 aromatic carbocycles. The summed E-state index contributed by atoms with van der Waals surface area (Å²) in [7, 11) is 0. The Morgan fingerprint density at radius 1 is 1.21 bits per heavy atom. The molecule has 24 heavy (non-hydrogen) atoms. The summed E-state index contributed by atoms with van der Waals surface area (Å²) in [5, 5.41) is 13.5. The molecule has 1 aromatic rings. The molecule has 3 N–H and O–H groups in total. The Morgan fingerprint density at radius 2 is 1.83 bits per heavy atom. The van der Waals surface area contributed by atoms with Crippen LogP contribution in [0.25, 0.3) is 0 Å². The van der Waals surface area contributed by atoms with Crippen molar-refractivity contribution in [1.82, 2.24) is 10.6 Å². The minimum absolute atomic E-state index is 0.163. The minimum Gasteiger partial charge on any atom is -0.480 e. The second-order valence-corrected chi connectivity index (χ2v) is 5.18. The van der Waals surface area contributed by atoms with Gasteiger partial charge in [0.25, 0.3) is 5.91 Å². The van der Waals surface area contributed by atoms with Gasteiger partial charge >= 0.3 is 12.6 Å². The van der Waals surface area contributed by atoms with Crippen molar-refractivity contribution in [2.45, 2.75) is 26.5 Å². The largest absolute Gasteiger partial charge is 0.480 e. The van der Waals surface area contributed by atoms with E-state index in [9.17, 15) is 23.2 Å². The van der Waals surface area contributed by atoms with Gasteiger partial charge in [-0.2, -0.15) is 8.78 Å². The maximum atomic E-state index is 12.3. The van der Waals surface area contributed by atoms with Gasteiger partial charge in [0.1, 0.15) is 11.8 Å². The van der Waals surface area contributed by atoms with E-state index in [4.69, 9.17) is 5.11 Å². The number of carbonyl (C=O) groups is 3. The number of carboxylic acids is 1. The summed E-state index contributed by atoms with van der Waals surface area (Å²) in [4.78, 5) is 34.7. The summed E-state index contributed by atoms with van der Waals surface area (Å²) in [5.74, 6) is -3.37. The van der Waals surface area contributed by atoms with Gasteiger partial charge < -0.3 is 20.5 Å². The Kier molecular flexibility index (Phi) is 7.09. The van der Waals surface area contributed by atoms with Gasteiger partial charge in [0, 0.05) is 0 Å². The fourth-order valence-electron chi connectivity index (χ4n) is 1.85. The highest BCUT2D eigenvalue weighted by Crippen LogP contribution is 2.19. The molecule has 1 rings (SSSR count). The zero-order chi connectivity index (χ0) is 18.3. The molecule has 0 saturated carbocycles. The summed E-state index contributed by atoms with van der Waals surface area (Å²) in [6.07, 6.45) is 0. The summed E-state index contributed by atoms with van der Waals surface area (Å²) >= 11 is 0. The number of hydrogen-bond acceptors (Lipinski definition) is 4. The van der Waals surface area contributed by atoms with E-state index in [2.05, 4.69) is 15.4 Å². The van der Waals surface area contributed by atoms with E-state index in [0.717, 1.165) is 0 Å². The van der Waals surface area contributed by atoms with Gasteiger partial charge in [-0.05, 0) is 18.1 Å². The maximum Gasteiger partial charge on any atom is 0.387 e. The maximum absolute atomic E-state index is 12.3. The van der Waals surface area contributed by atoms with Crippen molar-refractivity contribution in [3.63, 3.8) is 0 Å². The van der Waals surface area contributed by atoms with Gasteiger partial charge in [0.15, 0.2) is 0 Å². The fraction of sp³-hybridized carbons (Fsp3) is 0.400. The number of carboxylic acid groups (broad SMARTS) is 1. The van der Waals surface area contributed by atoms with Crippen molar-refractivity contribution in [3.8, 4) is 5.75 Å². The molecule has 0 saturated heterocycles. The molecular formula is C15H18F2N2O5. The van der Waals surface area contributed by atoms with E-state index in [1.807, 2.05) is 0 Å². The summed E-state index contributed by atoms with van der Waals surface area (Å²) in [5.41, 5.74) is -0.163. The number of rotatable bonds is 8. The highest BCUT2D eigenvalue weighted by atomic mass is 19.3. The van der Waals surface area contributed by atoms with Crippen molar-refractivity contribution in [2.24, 2.45) is 5.92 Å². The zero-order valence-electron chi connectivity index (χ0n) is 13.1. The second-order valence-electron chi connectivity index (χ2n) is 5.18. The summed E-state index contributed by atoms with van der Waals surface area (Å²) in [6, 6.07) is 4.23. The van der Waals surface area contributed by atoms with Crippen LogP contribution in [0.15, 0.2) is 24.3 Å². The van der Waals surface area contributed by atoms with Gasteiger partial charge in [-0.1, -0.05) is 26.0 Å². The average molecular weight is 344 g/mol. The van der Waals surface area contributed by atoms with Gasteiger partial charge in [-0.15, -0.1) is 0 Å². The first-order valence-electron chi connectivity index (χ1n) is 7.06. The lowest BCUT2D eigenvalue weighted by molar-refractivity contribution is -0.142. The van der Waals surface area contributed by atoms with Crippen LogP contribution in [0.5, 0.6) is 5.75 Å².